The van der Waals surface area contributed by atoms with Crippen molar-refractivity contribution in [2.45, 2.75) is 19.1 Å². The first-order valence-electron chi connectivity index (χ1n) is 5.19. The molecule has 0 fully saturated rings. The molecule has 0 aliphatic carbocycles. The van der Waals surface area contributed by atoms with Crippen LogP contribution in [-0.4, -0.2) is 7.05 Å². The van der Waals surface area contributed by atoms with Gasteiger partial charge in [0.25, 0.3) is 0 Å². The first-order chi connectivity index (χ1) is 7.95. The number of hydrogen-bond donors (Lipinski definition) is 1. The first-order valence-corrected chi connectivity index (χ1v) is 6.07. The largest absolute Gasteiger partial charge is 0.417 e. The third-order valence-corrected chi connectivity index (χ3v) is 3.88. The first kappa shape index (κ1) is 12.4. The molecule has 0 saturated carbocycles. The molecule has 1 heterocycles. The van der Waals surface area contributed by atoms with Crippen LogP contribution in [0.1, 0.15) is 24.1 Å². The topological polar surface area (TPSA) is 12.0 Å². The van der Waals surface area contributed by atoms with E-state index in [0.717, 1.165) is 23.0 Å². The standard InChI is InChI=1S/C12H12F3NS/c1-7(16-2)9-6-17-11-8(9)4-3-5-10(11)12(13,14)15/h3-7,16H,1-2H3. The third kappa shape index (κ3) is 2.17. The van der Waals surface area contributed by atoms with E-state index in [-0.39, 0.29) is 6.04 Å². The Morgan fingerprint density at radius 3 is 2.59 bits per heavy atom. The van der Waals surface area contributed by atoms with E-state index in [1.807, 2.05) is 6.92 Å². The lowest BCUT2D eigenvalue weighted by Crippen LogP contribution is -2.11. The lowest BCUT2D eigenvalue weighted by Gasteiger charge is -2.10. The zero-order valence-corrected chi connectivity index (χ0v) is 10.2. The number of nitrogens with one attached hydrogen (secondary N) is 1. The van der Waals surface area contributed by atoms with E-state index in [9.17, 15) is 13.2 Å². The van der Waals surface area contributed by atoms with Crippen molar-refractivity contribution in [2.75, 3.05) is 7.05 Å². The minimum Gasteiger partial charge on any atom is -0.313 e. The zero-order valence-electron chi connectivity index (χ0n) is 9.43. The lowest BCUT2D eigenvalue weighted by atomic mass is 10.0. The summed E-state index contributed by atoms with van der Waals surface area (Å²) in [6.07, 6.45) is -4.29. The van der Waals surface area contributed by atoms with Gasteiger partial charge in [0.15, 0.2) is 0 Å². The van der Waals surface area contributed by atoms with Gasteiger partial charge in [-0.25, -0.2) is 0 Å². The highest BCUT2D eigenvalue weighted by atomic mass is 32.1. The second kappa shape index (κ2) is 4.31. The predicted molar refractivity (Wildman–Crippen MR) is 64.3 cm³/mol. The van der Waals surface area contributed by atoms with Crippen LogP contribution in [0.4, 0.5) is 13.2 Å². The maximum absolute atomic E-state index is 12.8. The molecule has 17 heavy (non-hydrogen) atoms. The van der Waals surface area contributed by atoms with Gasteiger partial charge in [-0.05, 0) is 36.4 Å². The van der Waals surface area contributed by atoms with Crippen molar-refractivity contribution in [1.82, 2.24) is 5.32 Å². The van der Waals surface area contributed by atoms with E-state index >= 15 is 0 Å². The Kier molecular flexibility index (Phi) is 3.14. The molecule has 0 aliphatic heterocycles. The number of halogens is 3. The molecule has 1 nitrogen and oxygen atoms in total. The summed E-state index contributed by atoms with van der Waals surface area (Å²) >= 11 is 1.15. The number of alkyl halides is 3. The van der Waals surface area contributed by atoms with Crippen molar-refractivity contribution in [3.05, 3.63) is 34.7 Å². The van der Waals surface area contributed by atoms with Crippen LogP contribution in [0.25, 0.3) is 10.1 Å². The van der Waals surface area contributed by atoms with Crippen molar-refractivity contribution >= 4 is 21.4 Å². The summed E-state index contributed by atoms with van der Waals surface area (Å²) in [4.78, 5) is 0. The van der Waals surface area contributed by atoms with Gasteiger partial charge in [0, 0.05) is 10.7 Å². The number of fused-ring (bicyclic) bond motifs is 1. The summed E-state index contributed by atoms with van der Waals surface area (Å²) in [5.41, 5.74) is 0.369. The number of thiophene rings is 1. The van der Waals surface area contributed by atoms with Crippen molar-refractivity contribution in [1.29, 1.82) is 0 Å². The maximum Gasteiger partial charge on any atom is 0.417 e. The summed E-state index contributed by atoms with van der Waals surface area (Å²) in [7, 11) is 1.79. The molecule has 0 aliphatic rings. The minimum absolute atomic E-state index is 0.0484. The van der Waals surface area contributed by atoms with Gasteiger partial charge in [0.1, 0.15) is 0 Å². The maximum atomic E-state index is 12.8. The molecule has 1 aromatic heterocycles. The molecule has 92 valence electrons. The zero-order chi connectivity index (χ0) is 12.6. The second-order valence-electron chi connectivity index (χ2n) is 3.88. The number of benzene rings is 1. The SMILES string of the molecule is CNC(C)c1csc2c(C(F)(F)F)cccc12. The van der Waals surface area contributed by atoms with Crippen LogP contribution in [-0.2, 0) is 6.18 Å². The van der Waals surface area contributed by atoms with Crippen LogP contribution in [0.15, 0.2) is 23.6 Å². The molecule has 1 atom stereocenters. The quantitative estimate of drug-likeness (QED) is 0.852. The average Bonchev–Trinajstić information content (AvgIpc) is 2.69. The summed E-state index contributed by atoms with van der Waals surface area (Å²) in [5.74, 6) is 0. The van der Waals surface area contributed by atoms with Gasteiger partial charge in [-0.3, -0.25) is 0 Å². The molecule has 0 saturated heterocycles. The van der Waals surface area contributed by atoms with E-state index in [2.05, 4.69) is 5.32 Å². The lowest BCUT2D eigenvalue weighted by molar-refractivity contribution is -0.136. The van der Waals surface area contributed by atoms with E-state index in [1.165, 1.54) is 6.07 Å². The Morgan fingerprint density at radius 2 is 2.00 bits per heavy atom. The van der Waals surface area contributed by atoms with Crippen LogP contribution < -0.4 is 5.32 Å². The molecular weight excluding hydrogens is 247 g/mol. The van der Waals surface area contributed by atoms with Crippen LogP contribution in [0.5, 0.6) is 0 Å². The molecule has 1 N–H and O–H groups in total. The van der Waals surface area contributed by atoms with Crippen LogP contribution >= 0.6 is 11.3 Å². The fourth-order valence-corrected chi connectivity index (χ4v) is 2.99. The van der Waals surface area contributed by atoms with Gasteiger partial charge in [0.2, 0.25) is 0 Å². The Balaban J connectivity index is 2.65. The van der Waals surface area contributed by atoms with Gasteiger partial charge < -0.3 is 5.32 Å². The summed E-state index contributed by atoms with van der Waals surface area (Å²) in [6, 6.07) is 4.38. The summed E-state index contributed by atoms with van der Waals surface area (Å²) in [5, 5.41) is 5.52. The predicted octanol–water partition coefficient (Wildman–Crippen LogP) is 4.20. The summed E-state index contributed by atoms with van der Waals surface area (Å²) < 4.78 is 38.7. The van der Waals surface area contributed by atoms with Crippen molar-refractivity contribution in [3.8, 4) is 0 Å². The van der Waals surface area contributed by atoms with E-state index in [0.29, 0.717) is 10.1 Å². The van der Waals surface area contributed by atoms with Crippen LogP contribution in [0.2, 0.25) is 0 Å². The molecule has 5 heteroatoms. The van der Waals surface area contributed by atoms with E-state index in [1.54, 1.807) is 18.5 Å². The molecule has 1 unspecified atom stereocenters. The highest BCUT2D eigenvalue weighted by molar-refractivity contribution is 7.17. The van der Waals surface area contributed by atoms with E-state index < -0.39 is 11.7 Å². The Morgan fingerprint density at radius 1 is 1.29 bits per heavy atom. The summed E-state index contributed by atoms with van der Waals surface area (Å²) in [6.45, 7) is 1.93. The van der Waals surface area contributed by atoms with Gasteiger partial charge in [-0.15, -0.1) is 11.3 Å². The molecule has 0 amide bonds. The molecule has 0 bridgehead atoms. The molecule has 1 aromatic carbocycles. The molecule has 2 rings (SSSR count). The molecule has 0 spiro atoms. The number of hydrogen-bond acceptors (Lipinski definition) is 2. The third-order valence-electron chi connectivity index (χ3n) is 2.83. The van der Waals surface area contributed by atoms with Gasteiger partial charge in [-0.1, -0.05) is 12.1 Å². The molecular formula is C12H12F3NS. The molecule has 2 aromatic rings. The normalized spacial score (nSPS) is 14.2. The highest BCUT2D eigenvalue weighted by Crippen LogP contribution is 2.40. The molecule has 0 radical (unpaired) electrons. The van der Waals surface area contributed by atoms with Gasteiger partial charge in [0.05, 0.1) is 5.56 Å². The Hall–Kier alpha value is -1.07. The van der Waals surface area contributed by atoms with Crippen LogP contribution in [0, 0.1) is 0 Å². The smallest absolute Gasteiger partial charge is 0.313 e. The van der Waals surface area contributed by atoms with E-state index in [4.69, 9.17) is 0 Å². The van der Waals surface area contributed by atoms with Crippen molar-refractivity contribution in [3.63, 3.8) is 0 Å². The fraction of sp³-hybridized carbons (Fsp3) is 0.333. The van der Waals surface area contributed by atoms with Crippen molar-refractivity contribution in [2.24, 2.45) is 0 Å². The Labute approximate surface area is 101 Å². The average molecular weight is 259 g/mol. The van der Waals surface area contributed by atoms with Crippen LogP contribution in [0.3, 0.4) is 0 Å². The monoisotopic (exact) mass is 259 g/mol. The van der Waals surface area contributed by atoms with Gasteiger partial charge >= 0.3 is 6.18 Å². The van der Waals surface area contributed by atoms with Gasteiger partial charge in [-0.2, -0.15) is 13.2 Å². The number of rotatable bonds is 2. The highest BCUT2D eigenvalue weighted by Gasteiger charge is 2.33. The minimum atomic E-state index is -4.29. The van der Waals surface area contributed by atoms with Crippen molar-refractivity contribution < 1.29 is 13.2 Å². The fourth-order valence-electron chi connectivity index (χ4n) is 1.79. The second-order valence-corrected chi connectivity index (χ2v) is 4.76. The Bertz CT molecular complexity index is 530.